The fraction of sp³-hybridized carbons (Fsp3) is 0.846. The van der Waals surface area contributed by atoms with Gasteiger partial charge < -0.3 is 9.47 Å². The zero-order valence-electron chi connectivity index (χ0n) is 19.9. The van der Waals surface area contributed by atoms with Crippen molar-refractivity contribution in [3.8, 4) is 0 Å². The Morgan fingerprint density at radius 2 is 0.733 bits per heavy atom. The summed E-state index contributed by atoms with van der Waals surface area (Å²) in [6.07, 6.45) is 28.3. The normalized spacial score (nSPS) is 11.1. The van der Waals surface area contributed by atoms with Crippen LogP contribution in [0, 0.1) is 0 Å². The second-order valence-electron chi connectivity index (χ2n) is 8.36. The Hall–Kier alpha value is -1.32. The molecule has 4 nitrogen and oxygen atoms in total. The Morgan fingerprint density at radius 1 is 0.467 bits per heavy atom. The maximum Gasteiger partial charge on any atom is 0.305 e. The minimum atomic E-state index is -0.0800. The zero-order valence-corrected chi connectivity index (χ0v) is 19.9. The SMILES string of the molecule is COC(=O)CCCCCCCCCCC=CCCCCCCCCCCC(=O)OC. The van der Waals surface area contributed by atoms with E-state index in [1.165, 1.54) is 104 Å². The van der Waals surface area contributed by atoms with Crippen LogP contribution in [0.4, 0.5) is 0 Å². The van der Waals surface area contributed by atoms with Gasteiger partial charge in [-0.05, 0) is 38.5 Å². The van der Waals surface area contributed by atoms with E-state index in [9.17, 15) is 9.59 Å². The molecular weight excluding hydrogens is 376 g/mol. The van der Waals surface area contributed by atoms with Crippen molar-refractivity contribution in [1.29, 1.82) is 0 Å². The summed E-state index contributed by atoms with van der Waals surface area (Å²) in [5.41, 5.74) is 0. The molecule has 0 amide bonds. The molecule has 4 heteroatoms. The molecule has 0 heterocycles. The third-order valence-electron chi connectivity index (χ3n) is 5.63. The maximum atomic E-state index is 11.0. The van der Waals surface area contributed by atoms with Crippen LogP contribution in [0.2, 0.25) is 0 Å². The number of ether oxygens (including phenoxy) is 2. The molecule has 0 radical (unpaired) electrons. The first kappa shape index (κ1) is 28.7. The molecule has 176 valence electrons. The van der Waals surface area contributed by atoms with Gasteiger partial charge in [0.05, 0.1) is 14.2 Å². The number of methoxy groups -OCH3 is 2. The fourth-order valence-electron chi connectivity index (χ4n) is 3.62. The van der Waals surface area contributed by atoms with Crippen molar-refractivity contribution in [2.75, 3.05) is 14.2 Å². The summed E-state index contributed by atoms with van der Waals surface area (Å²) in [4.78, 5) is 22.0. The van der Waals surface area contributed by atoms with E-state index in [4.69, 9.17) is 0 Å². The predicted molar refractivity (Wildman–Crippen MR) is 126 cm³/mol. The quantitative estimate of drug-likeness (QED) is 0.101. The Balaban J connectivity index is 3.14. The molecule has 0 aliphatic rings. The lowest BCUT2D eigenvalue weighted by Gasteiger charge is -2.02. The first-order valence-electron chi connectivity index (χ1n) is 12.5. The van der Waals surface area contributed by atoms with Crippen LogP contribution in [0.15, 0.2) is 12.2 Å². The number of carbonyl (C=O) groups excluding carboxylic acids is 2. The zero-order chi connectivity index (χ0) is 22.1. The van der Waals surface area contributed by atoms with Gasteiger partial charge in [-0.1, -0.05) is 89.2 Å². The van der Waals surface area contributed by atoms with Gasteiger partial charge in [0.2, 0.25) is 0 Å². The lowest BCUT2D eigenvalue weighted by molar-refractivity contribution is -0.141. The van der Waals surface area contributed by atoms with Crippen molar-refractivity contribution >= 4 is 11.9 Å². The van der Waals surface area contributed by atoms with Crippen LogP contribution in [-0.4, -0.2) is 26.2 Å². The second kappa shape index (κ2) is 24.0. The van der Waals surface area contributed by atoms with E-state index in [2.05, 4.69) is 21.6 Å². The molecule has 0 aliphatic heterocycles. The number of esters is 2. The minimum Gasteiger partial charge on any atom is -0.469 e. The Morgan fingerprint density at radius 3 is 1.03 bits per heavy atom. The van der Waals surface area contributed by atoms with Crippen molar-refractivity contribution in [3.05, 3.63) is 12.2 Å². The van der Waals surface area contributed by atoms with E-state index in [0.29, 0.717) is 12.8 Å². The van der Waals surface area contributed by atoms with Gasteiger partial charge in [-0.2, -0.15) is 0 Å². The summed E-state index contributed by atoms with van der Waals surface area (Å²) in [6, 6.07) is 0. The van der Waals surface area contributed by atoms with E-state index < -0.39 is 0 Å². The average Bonchev–Trinajstić information content (AvgIpc) is 2.76. The summed E-state index contributed by atoms with van der Waals surface area (Å²) >= 11 is 0. The molecule has 0 aromatic rings. The summed E-state index contributed by atoms with van der Waals surface area (Å²) in [5.74, 6) is -0.160. The molecule has 0 saturated heterocycles. The minimum absolute atomic E-state index is 0.0800. The molecular formula is C26H48O4. The highest BCUT2D eigenvalue weighted by Crippen LogP contribution is 2.13. The van der Waals surface area contributed by atoms with Gasteiger partial charge in [0.1, 0.15) is 0 Å². The fourth-order valence-corrected chi connectivity index (χ4v) is 3.62. The van der Waals surface area contributed by atoms with E-state index in [-0.39, 0.29) is 11.9 Å². The van der Waals surface area contributed by atoms with Crippen molar-refractivity contribution < 1.29 is 19.1 Å². The molecule has 0 bridgehead atoms. The number of allylic oxidation sites excluding steroid dienone is 2. The van der Waals surface area contributed by atoms with Crippen molar-refractivity contribution in [1.82, 2.24) is 0 Å². The number of unbranched alkanes of at least 4 members (excludes halogenated alkanes) is 16. The molecule has 0 atom stereocenters. The first-order valence-corrected chi connectivity index (χ1v) is 12.5. The Bertz CT molecular complexity index is 379. The summed E-state index contributed by atoms with van der Waals surface area (Å²) < 4.78 is 9.29. The summed E-state index contributed by atoms with van der Waals surface area (Å²) in [7, 11) is 2.92. The van der Waals surface area contributed by atoms with Gasteiger partial charge in [0.25, 0.3) is 0 Å². The third-order valence-corrected chi connectivity index (χ3v) is 5.63. The van der Waals surface area contributed by atoms with Gasteiger partial charge in [-0.25, -0.2) is 0 Å². The van der Waals surface area contributed by atoms with Gasteiger partial charge in [-0.3, -0.25) is 9.59 Å². The number of rotatable bonds is 22. The second-order valence-corrected chi connectivity index (χ2v) is 8.36. The van der Waals surface area contributed by atoms with E-state index in [0.717, 1.165) is 25.7 Å². The standard InChI is InChI=1S/C26H48O4/c1-29-25(27)23-21-19-17-15-13-11-9-7-5-3-4-6-8-10-12-14-16-18-20-22-24-26(28)30-2/h3-4H,5-24H2,1-2H3. The van der Waals surface area contributed by atoms with Crippen molar-refractivity contribution in [2.24, 2.45) is 0 Å². The monoisotopic (exact) mass is 424 g/mol. The van der Waals surface area contributed by atoms with Crippen molar-refractivity contribution in [2.45, 2.75) is 128 Å². The summed E-state index contributed by atoms with van der Waals surface area (Å²) in [5, 5.41) is 0. The Kier molecular flexibility index (Phi) is 22.9. The highest BCUT2D eigenvalue weighted by molar-refractivity contribution is 5.69. The van der Waals surface area contributed by atoms with E-state index in [1.54, 1.807) is 0 Å². The molecule has 0 fully saturated rings. The van der Waals surface area contributed by atoms with Crippen LogP contribution in [-0.2, 0) is 19.1 Å². The molecule has 0 N–H and O–H groups in total. The molecule has 0 aromatic carbocycles. The van der Waals surface area contributed by atoms with Gasteiger partial charge in [-0.15, -0.1) is 0 Å². The average molecular weight is 425 g/mol. The van der Waals surface area contributed by atoms with Crippen LogP contribution in [0.1, 0.15) is 128 Å². The highest BCUT2D eigenvalue weighted by Gasteiger charge is 2.00. The van der Waals surface area contributed by atoms with Crippen LogP contribution in [0.25, 0.3) is 0 Å². The molecule has 0 spiro atoms. The topological polar surface area (TPSA) is 52.6 Å². The number of hydrogen-bond acceptors (Lipinski definition) is 4. The van der Waals surface area contributed by atoms with Gasteiger partial charge in [0, 0.05) is 12.8 Å². The molecule has 0 aliphatic carbocycles. The van der Waals surface area contributed by atoms with Crippen LogP contribution < -0.4 is 0 Å². The molecule has 0 unspecified atom stereocenters. The highest BCUT2D eigenvalue weighted by atomic mass is 16.5. The first-order chi connectivity index (χ1) is 14.7. The molecule has 0 rings (SSSR count). The maximum absolute atomic E-state index is 11.0. The molecule has 0 aromatic heterocycles. The lowest BCUT2D eigenvalue weighted by Crippen LogP contribution is -1.99. The van der Waals surface area contributed by atoms with Crippen molar-refractivity contribution in [3.63, 3.8) is 0 Å². The smallest absolute Gasteiger partial charge is 0.305 e. The van der Waals surface area contributed by atoms with Gasteiger partial charge in [0.15, 0.2) is 0 Å². The Labute approximate surface area is 186 Å². The molecule has 30 heavy (non-hydrogen) atoms. The van der Waals surface area contributed by atoms with Crippen LogP contribution in [0.3, 0.4) is 0 Å². The van der Waals surface area contributed by atoms with Crippen LogP contribution >= 0.6 is 0 Å². The summed E-state index contributed by atoms with van der Waals surface area (Å²) in [6.45, 7) is 0. The number of hydrogen-bond donors (Lipinski definition) is 0. The lowest BCUT2D eigenvalue weighted by atomic mass is 10.1. The third kappa shape index (κ3) is 23.0. The van der Waals surface area contributed by atoms with E-state index in [1.807, 2.05) is 0 Å². The van der Waals surface area contributed by atoms with Crippen LogP contribution in [0.5, 0.6) is 0 Å². The largest absolute Gasteiger partial charge is 0.469 e. The van der Waals surface area contributed by atoms with E-state index >= 15 is 0 Å². The van der Waals surface area contributed by atoms with Gasteiger partial charge >= 0.3 is 11.9 Å². The predicted octanol–water partition coefficient (Wildman–Crippen LogP) is 7.69. The number of carbonyl (C=O) groups is 2. The molecule has 0 saturated carbocycles.